The Kier molecular flexibility index (Phi) is 3.10. The Hall–Kier alpha value is -2.43. The molecule has 102 valence electrons. The van der Waals surface area contributed by atoms with E-state index in [0.29, 0.717) is 0 Å². The number of benzene rings is 1. The Balaban J connectivity index is 1.83. The van der Waals surface area contributed by atoms with E-state index in [1.807, 2.05) is 30.3 Å². The molecule has 1 fully saturated rings. The first-order valence-corrected chi connectivity index (χ1v) is 6.63. The van der Waals surface area contributed by atoms with Crippen molar-refractivity contribution in [2.24, 2.45) is 0 Å². The van der Waals surface area contributed by atoms with Gasteiger partial charge in [-0.2, -0.15) is 5.10 Å². The highest BCUT2D eigenvalue weighted by Gasteiger charge is 2.40. The number of aromatic nitrogens is 2. The van der Waals surface area contributed by atoms with Crippen LogP contribution in [0.1, 0.15) is 35.3 Å². The summed E-state index contributed by atoms with van der Waals surface area (Å²) in [6.45, 7) is 0. The monoisotopic (exact) mass is 269 g/mol. The molecule has 0 radical (unpaired) electrons. The molecule has 2 aromatic rings. The maximum Gasteiger partial charge on any atom is 0.272 e. The first-order valence-electron chi connectivity index (χ1n) is 6.63. The van der Waals surface area contributed by atoms with Crippen LogP contribution in [-0.2, 0) is 5.54 Å². The maximum absolute atomic E-state index is 12.2. The molecule has 0 saturated heterocycles. The van der Waals surface area contributed by atoms with Crippen molar-refractivity contribution < 1.29 is 4.79 Å². The smallest absolute Gasteiger partial charge is 0.272 e. The van der Waals surface area contributed by atoms with Crippen LogP contribution in [0.2, 0.25) is 0 Å². The summed E-state index contributed by atoms with van der Waals surface area (Å²) in [7, 11) is 0. The average molecular weight is 269 g/mol. The molecule has 0 atom stereocenters. The molecule has 2 N–H and O–H groups in total. The highest BCUT2D eigenvalue weighted by molar-refractivity contribution is 5.92. The third-order valence-electron chi connectivity index (χ3n) is 3.80. The number of H-pyrrole nitrogens is 1. The van der Waals surface area contributed by atoms with Crippen LogP contribution in [-0.4, -0.2) is 16.1 Å². The highest BCUT2D eigenvalue weighted by atomic mass is 16.2. The molecule has 0 bridgehead atoms. The predicted octanol–water partition coefficient (Wildman–Crippen LogP) is 1.58. The molecule has 5 heteroatoms. The minimum atomic E-state index is -0.317. The van der Waals surface area contributed by atoms with Gasteiger partial charge in [0.05, 0.1) is 5.54 Å². The average Bonchev–Trinajstić information content (AvgIpc) is 2.44. The van der Waals surface area contributed by atoms with Crippen molar-refractivity contribution in [3.63, 3.8) is 0 Å². The lowest BCUT2D eigenvalue weighted by Gasteiger charge is -2.43. The summed E-state index contributed by atoms with van der Waals surface area (Å²) in [5.74, 6) is -0.259. The van der Waals surface area contributed by atoms with Crippen molar-refractivity contribution in [1.82, 2.24) is 15.5 Å². The van der Waals surface area contributed by atoms with Crippen molar-refractivity contribution in [3.8, 4) is 0 Å². The molecule has 1 aromatic carbocycles. The fourth-order valence-corrected chi connectivity index (χ4v) is 2.53. The van der Waals surface area contributed by atoms with Crippen LogP contribution in [0.4, 0.5) is 0 Å². The molecule has 0 aliphatic heterocycles. The Labute approximate surface area is 116 Å². The topological polar surface area (TPSA) is 74.8 Å². The first-order chi connectivity index (χ1) is 9.70. The minimum absolute atomic E-state index is 0.229. The zero-order chi connectivity index (χ0) is 14.0. The van der Waals surface area contributed by atoms with Gasteiger partial charge >= 0.3 is 0 Å². The van der Waals surface area contributed by atoms with Gasteiger partial charge in [0.15, 0.2) is 0 Å². The number of nitrogens with one attached hydrogen (secondary N) is 2. The molecule has 20 heavy (non-hydrogen) atoms. The number of hydrogen-bond donors (Lipinski definition) is 2. The molecule has 1 aliphatic carbocycles. The SMILES string of the molecule is O=C(NC1(c2ccccc2)CCC1)c1ccc(=O)[nH]n1. The number of amides is 1. The second kappa shape index (κ2) is 4.92. The molecule has 1 aliphatic rings. The summed E-state index contributed by atoms with van der Waals surface area (Å²) in [6.07, 6.45) is 2.94. The van der Waals surface area contributed by atoms with E-state index in [2.05, 4.69) is 15.5 Å². The van der Waals surface area contributed by atoms with Gasteiger partial charge in [-0.3, -0.25) is 9.59 Å². The first kappa shape index (κ1) is 12.6. The van der Waals surface area contributed by atoms with Crippen LogP contribution < -0.4 is 10.9 Å². The second-order valence-corrected chi connectivity index (χ2v) is 5.06. The number of aromatic amines is 1. The minimum Gasteiger partial charge on any atom is -0.341 e. The van der Waals surface area contributed by atoms with Gasteiger partial charge in [-0.05, 0) is 30.9 Å². The van der Waals surface area contributed by atoms with Crippen LogP contribution in [0.15, 0.2) is 47.3 Å². The van der Waals surface area contributed by atoms with E-state index in [-0.39, 0.29) is 22.7 Å². The molecular formula is C15H15N3O2. The van der Waals surface area contributed by atoms with E-state index in [9.17, 15) is 9.59 Å². The summed E-state index contributed by atoms with van der Waals surface area (Å²) < 4.78 is 0. The molecule has 1 heterocycles. The third-order valence-corrected chi connectivity index (χ3v) is 3.80. The van der Waals surface area contributed by atoms with Crippen LogP contribution in [0.5, 0.6) is 0 Å². The molecule has 0 unspecified atom stereocenters. The van der Waals surface area contributed by atoms with Crippen molar-refractivity contribution in [3.05, 3.63) is 64.1 Å². The van der Waals surface area contributed by atoms with Gasteiger partial charge in [-0.25, -0.2) is 5.10 Å². The summed E-state index contributed by atoms with van der Waals surface area (Å²) >= 11 is 0. The van der Waals surface area contributed by atoms with Gasteiger partial charge in [0.25, 0.3) is 11.5 Å². The fourth-order valence-electron chi connectivity index (χ4n) is 2.53. The quantitative estimate of drug-likeness (QED) is 0.888. The zero-order valence-corrected chi connectivity index (χ0v) is 10.9. The van der Waals surface area contributed by atoms with E-state index in [0.717, 1.165) is 24.8 Å². The predicted molar refractivity (Wildman–Crippen MR) is 74.3 cm³/mol. The molecule has 1 amide bonds. The molecule has 0 spiro atoms. The van der Waals surface area contributed by atoms with Crippen molar-refractivity contribution >= 4 is 5.91 Å². The number of carbonyl (C=O) groups excluding carboxylic acids is 1. The fraction of sp³-hybridized carbons (Fsp3) is 0.267. The summed E-state index contributed by atoms with van der Waals surface area (Å²) in [4.78, 5) is 23.2. The summed E-state index contributed by atoms with van der Waals surface area (Å²) in [5.41, 5.74) is 0.731. The van der Waals surface area contributed by atoms with Gasteiger partial charge in [0, 0.05) is 6.07 Å². The van der Waals surface area contributed by atoms with Crippen molar-refractivity contribution in [1.29, 1.82) is 0 Å². The van der Waals surface area contributed by atoms with Crippen molar-refractivity contribution in [2.45, 2.75) is 24.8 Å². The van der Waals surface area contributed by atoms with Crippen LogP contribution in [0.25, 0.3) is 0 Å². The Morgan fingerprint density at radius 2 is 1.90 bits per heavy atom. The molecule has 1 aromatic heterocycles. The standard InChI is InChI=1S/C15H15N3O2/c19-13-8-7-12(17-18-13)14(20)16-15(9-4-10-15)11-5-2-1-3-6-11/h1-3,5-8H,4,9-10H2,(H,16,20)(H,18,19). The lowest BCUT2D eigenvalue weighted by Crippen LogP contribution is -2.51. The van der Waals surface area contributed by atoms with Gasteiger partial charge in [0.2, 0.25) is 0 Å². The van der Waals surface area contributed by atoms with Gasteiger partial charge < -0.3 is 5.32 Å². The largest absolute Gasteiger partial charge is 0.341 e. The summed E-state index contributed by atoms with van der Waals surface area (Å²) in [5, 5.41) is 9.10. The number of hydrogen-bond acceptors (Lipinski definition) is 3. The van der Waals surface area contributed by atoms with E-state index < -0.39 is 0 Å². The number of nitrogens with zero attached hydrogens (tertiary/aromatic N) is 1. The van der Waals surface area contributed by atoms with Crippen LogP contribution in [0.3, 0.4) is 0 Å². The number of carbonyl (C=O) groups is 1. The normalized spacial score (nSPS) is 16.2. The van der Waals surface area contributed by atoms with E-state index >= 15 is 0 Å². The van der Waals surface area contributed by atoms with E-state index in [1.165, 1.54) is 12.1 Å². The van der Waals surface area contributed by atoms with Gasteiger partial charge in [0.1, 0.15) is 5.69 Å². The van der Waals surface area contributed by atoms with Gasteiger partial charge in [-0.1, -0.05) is 30.3 Å². The van der Waals surface area contributed by atoms with Crippen LogP contribution in [0, 0.1) is 0 Å². The van der Waals surface area contributed by atoms with Crippen molar-refractivity contribution in [2.75, 3.05) is 0 Å². The highest BCUT2D eigenvalue weighted by Crippen LogP contribution is 2.41. The lowest BCUT2D eigenvalue weighted by atomic mass is 9.71. The number of rotatable bonds is 3. The lowest BCUT2D eigenvalue weighted by molar-refractivity contribution is 0.0817. The molecule has 1 saturated carbocycles. The Bertz CT molecular complexity index is 655. The second-order valence-electron chi connectivity index (χ2n) is 5.06. The summed E-state index contributed by atoms with van der Waals surface area (Å²) in [6, 6.07) is 12.7. The van der Waals surface area contributed by atoms with Crippen LogP contribution >= 0.6 is 0 Å². The Morgan fingerprint density at radius 1 is 1.15 bits per heavy atom. The zero-order valence-electron chi connectivity index (χ0n) is 10.9. The molecule has 3 rings (SSSR count). The van der Waals surface area contributed by atoms with Gasteiger partial charge in [-0.15, -0.1) is 0 Å². The maximum atomic E-state index is 12.2. The van der Waals surface area contributed by atoms with E-state index in [4.69, 9.17) is 0 Å². The Morgan fingerprint density at radius 3 is 2.45 bits per heavy atom. The van der Waals surface area contributed by atoms with E-state index in [1.54, 1.807) is 0 Å². The third kappa shape index (κ3) is 2.22. The molecular weight excluding hydrogens is 254 g/mol. The molecule has 5 nitrogen and oxygen atoms in total.